The van der Waals surface area contributed by atoms with E-state index >= 15 is 0 Å². The molecule has 0 saturated heterocycles. The first-order chi connectivity index (χ1) is 9.29. The number of pyridine rings is 1. The quantitative estimate of drug-likeness (QED) is 0.635. The maximum atomic E-state index is 5.20. The summed E-state index contributed by atoms with van der Waals surface area (Å²) in [5, 5.41) is 1.28. The van der Waals surface area contributed by atoms with Crippen molar-refractivity contribution in [2.45, 2.75) is 6.92 Å². The summed E-state index contributed by atoms with van der Waals surface area (Å²) in [6.45, 7) is 2.14. The monoisotopic (exact) mass is 250 g/mol. The van der Waals surface area contributed by atoms with E-state index in [1.165, 1.54) is 16.5 Å². The summed E-state index contributed by atoms with van der Waals surface area (Å²) in [6, 6.07) is 18.7. The predicted octanol–water partition coefficient (Wildman–Crippen LogP) is 3.43. The van der Waals surface area contributed by atoms with E-state index in [2.05, 4.69) is 60.2 Å². The van der Waals surface area contributed by atoms with Crippen LogP contribution in [-0.2, 0) is 0 Å². The number of hydrogen-bond donors (Lipinski definition) is 0. The van der Waals surface area contributed by atoms with E-state index in [0.717, 1.165) is 11.4 Å². The minimum Gasteiger partial charge on any atom is -0.497 e. The molecule has 2 nitrogen and oxygen atoms in total. The molecule has 94 valence electrons. The van der Waals surface area contributed by atoms with Crippen LogP contribution < -0.4 is 9.30 Å². The van der Waals surface area contributed by atoms with Gasteiger partial charge >= 0.3 is 0 Å². The number of aromatic nitrogens is 1. The molecule has 0 aliphatic rings. The van der Waals surface area contributed by atoms with E-state index in [1.807, 2.05) is 12.1 Å². The zero-order valence-electron chi connectivity index (χ0n) is 11.1. The van der Waals surface area contributed by atoms with Crippen molar-refractivity contribution in [3.8, 4) is 11.4 Å². The predicted molar refractivity (Wildman–Crippen MR) is 76.8 cm³/mol. The zero-order chi connectivity index (χ0) is 13.2. The Hall–Kier alpha value is -2.35. The number of ether oxygens (including phenoxy) is 1. The Balaban J connectivity index is 2.21. The van der Waals surface area contributed by atoms with E-state index in [1.54, 1.807) is 7.11 Å². The molecule has 0 fully saturated rings. The minimum absolute atomic E-state index is 0.876. The van der Waals surface area contributed by atoms with Crippen LogP contribution in [0.1, 0.15) is 5.56 Å². The smallest absolute Gasteiger partial charge is 0.218 e. The average molecular weight is 250 g/mol. The highest BCUT2D eigenvalue weighted by Gasteiger charge is 2.12. The molecule has 0 bridgehead atoms. The van der Waals surface area contributed by atoms with Crippen LogP contribution in [0.4, 0.5) is 0 Å². The van der Waals surface area contributed by atoms with E-state index in [9.17, 15) is 0 Å². The van der Waals surface area contributed by atoms with Crippen LogP contribution in [0.15, 0.2) is 60.8 Å². The summed E-state index contributed by atoms with van der Waals surface area (Å²) in [4.78, 5) is 0. The largest absolute Gasteiger partial charge is 0.497 e. The fraction of sp³-hybridized carbons (Fsp3) is 0.118. The lowest BCUT2D eigenvalue weighted by molar-refractivity contribution is -0.567. The van der Waals surface area contributed by atoms with E-state index in [4.69, 9.17) is 4.74 Å². The van der Waals surface area contributed by atoms with Gasteiger partial charge in [0.15, 0.2) is 6.20 Å². The third-order valence-corrected chi connectivity index (χ3v) is 3.41. The minimum atomic E-state index is 0.876. The summed E-state index contributed by atoms with van der Waals surface area (Å²) < 4.78 is 7.40. The molecule has 0 atom stereocenters. The normalized spacial score (nSPS) is 10.6. The van der Waals surface area contributed by atoms with Crippen molar-refractivity contribution in [1.29, 1.82) is 0 Å². The molecule has 0 aliphatic heterocycles. The molecule has 0 saturated carbocycles. The second-order valence-corrected chi connectivity index (χ2v) is 4.58. The number of para-hydroxylation sites is 1. The fourth-order valence-electron chi connectivity index (χ4n) is 2.34. The van der Waals surface area contributed by atoms with Gasteiger partial charge in [-0.3, -0.25) is 0 Å². The molecule has 1 heterocycles. The Morgan fingerprint density at radius 1 is 0.895 bits per heavy atom. The van der Waals surface area contributed by atoms with Crippen LogP contribution >= 0.6 is 0 Å². The standard InChI is InChI=1S/C17H16NO/c1-13-11-12-18(17-6-4-3-5-16(13)17)14-7-9-15(19-2)10-8-14/h3-12H,1-2H3/q+1. The molecule has 0 amide bonds. The number of fused-ring (bicyclic) bond motifs is 1. The maximum absolute atomic E-state index is 5.20. The molecule has 19 heavy (non-hydrogen) atoms. The lowest BCUT2D eigenvalue weighted by Crippen LogP contribution is -2.31. The molecular formula is C17H16NO+. The molecule has 0 N–H and O–H groups in total. The molecule has 3 aromatic rings. The van der Waals surface area contributed by atoms with Gasteiger partial charge in [0.25, 0.3) is 0 Å². The van der Waals surface area contributed by atoms with Crippen molar-refractivity contribution in [2.75, 3.05) is 7.11 Å². The highest BCUT2D eigenvalue weighted by molar-refractivity contribution is 5.79. The van der Waals surface area contributed by atoms with Gasteiger partial charge in [0.2, 0.25) is 11.2 Å². The Morgan fingerprint density at radius 2 is 1.63 bits per heavy atom. The van der Waals surface area contributed by atoms with Crippen LogP contribution in [0, 0.1) is 6.92 Å². The average Bonchev–Trinajstić information content (AvgIpc) is 2.48. The van der Waals surface area contributed by atoms with Crippen molar-refractivity contribution >= 4 is 10.9 Å². The van der Waals surface area contributed by atoms with Crippen LogP contribution in [0.5, 0.6) is 5.75 Å². The van der Waals surface area contributed by atoms with Gasteiger partial charge in [-0.1, -0.05) is 12.1 Å². The number of aryl methyl sites for hydroxylation is 1. The van der Waals surface area contributed by atoms with Gasteiger partial charge in [0, 0.05) is 29.7 Å². The van der Waals surface area contributed by atoms with Gasteiger partial charge in [-0.25, -0.2) is 0 Å². The van der Waals surface area contributed by atoms with Crippen molar-refractivity contribution in [2.24, 2.45) is 0 Å². The second-order valence-electron chi connectivity index (χ2n) is 4.58. The Labute approximate surface area is 112 Å². The first-order valence-corrected chi connectivity index (χ1v) is 6.34. The van der Waals surface area contributed by atoms with Gasteiger partial charge in [0.05, 0.1) is 7.11 Å². The van der Waals surface area contributed by atoms with Crippen molar-refractivity contribution in [3.63, 3.8) is 0 Å². The first-order valence-electron chi connectivity index (χ1n) is 6.34. The third kappa shape index (κ3) is 2.06. The molecule has 2 aromatic carbocycles. The fourth-order valence-corrected chi connectivity index (χ4v) is 2.34. The van der Waals surface area contributed by atoms with E-state index in [0.29, 0.717) is 0 Å². The SMILES string of the molecule is COc1ccc(-[n+]2ccc(C)c3ccccc32)cc1. The first kappa shape index (κ1) is 11.7. The Bertz CT molecular complexity index is 717. The van der Waals surface area contributed by atoms with Gasteiger partial charge in [-0.05, 0) is 30.7 Å². The number of nitrogens with zero attached hydrogens (tertiary/aromatic N) is 1. The maximum Gasteiger partial charge on any atom is 0.218 e. The van der Waals surface area contributed by atoms with Crippen LogP contribution in [0.25, 0.3) is 16.6 Å². The highest BCUT2D eigenvalue weighted by atomic mass is 16.5. The van der Waals surface area contributed by atoms with Crippen molar-refractivity contribution in [3.05, 3.63) is 66.4 Å². The summed E-state index contributed by atoms with van der Waals surface area (Å²) >= 11 is 0. The van der Waals surface area contributed by atoms with Crippen molar-refractivity contribution in [1.82, 2.24) is 0 Å². The molecular weight excluding hydrogens is 234 g/mol. The van der Waals surface area contributed by atoms with E-state index < -0.39 is 0 Å². The molecule has 3 rings (SSSR count). The van der Waals surface area contributed by atoms with Crippen LogP contribution in [0.3, 0.4) is 0 Å². The number of methoxy groups -OCH3 is 1. The Kier molecular flexibility index (Phi) is 2.92. The number of rotatable bonds is 2. The molecule has 0 radical (unpaired) electrons. The number of benzene rings is 2. The van der Waals surface area contributed by atoms with Gasteiger partial charge in [0.1, 0.15) is 5.75 Å². The summed E-state index contributed by atoms with van der Waals surface area (Å²) in [5.41, 5.74) is 3.64. The Morgan fingerprint density at radius 3 is 2.37 bits per heavy atom. The molecule has 1 aromatic heterocycles. The van der Waals surface area contributed by atoms with Gasteiger partial charge < -0.3 is 4.74 Å². The highest BCUT2D eigenvalue weighted by Crippen LogP contribution is 2.17. The second kappa shape index (κ2) is 4.73. The summed E-state index contributed by atoms with van der Waals surface area (Å²) in [7, 11) is 1.68. The lowest BCUT2D eigenvalue weighted by Gasteiger charge is -2.04. The molecule has 2 heteroatoms. The topological polar surface area (TPSA) is 13.1 Å². The lowest BCUT2D eigenvalue weighted by atomic mass is 10.1. The molecule has 0 unspecified atom stereocenters. The molecule has 0 aliphatic carbocycles. The van der Waals surface area contributed by atoms with Crippen molar-refractivity contribution < 1.29 is 9.30 Å². The van der Waals surface area contributed by atoms with E-state index in [-0.39, 0.29) is 0 Å². The van der Waals surface area contributed by atoms with Crippen LogP contribution in [-0.4, -0.2) is 7.11 Å². The molecule has 0 spiro atoms. The summed E-state index contributed by atoms with van der Waals surface area (Å²) in [5.74, 6) is 0.876. The summed E-state index contributed by atoms with van der Waals surface area (Å²) in [6.07, 6.45) is 2.11. The number of hydrogen-bond acceptors (Lipinski definition) is 1. The van der Waals surface area contributed by atoms with Gasteiger partial charge in [-0.2, -0.15) is 4.57 Å². The van der Waals surface area contributed by atoms with Crippen LogP contribution in [0.2, 0.25) is 0 Å². The third-order valence-electron chi connectivity index (χ3n) is 3.41. The van der Waals surface area contributed by atoms with Gasteiger partial charge in [-0.15, -0.1) is 0 Å². The zero-order valence-corrected chi connectivity index (χ0v) is 11.1.